The van der Waals surface area contributed by atoms with Crippen LogP contribution >= 0.6 is 0 Å². The van der Waals surface area contributed by atoms with Gasteiger partial charge in [-0.2, -0.15) is 0 Å². The van der Waals surface area contributed by atoms with Gasteiger partial charge in [0.15, 0.2) is 0 Å². The quantitative estimate of drug-likeness (QED) is 0.428. The number of fused-ring (bicyclic) bond motifs is 7. The molecule has 4 aliphatic rings. The van der Waals surface area contributed by atoms with Gasteiger partial charge < -0.3 is 5.32 Å². The molecule has 174 valence electrons. The van der Waals surface area contributed by atoms with Gasteiger partial charge in [0.1, 0.15) is 5.54 Å². The van der Waals surface area contributed by atoms with Gasteiger partial charge in [-0.1, -0.05) is 25.1 Å². The fraction of sp³-hybridized carbons (Fsp3) is 0.400. The first kappa shape index (κ1) is 21.0. The smallest absolute Gasteiger partial charge is 0.274 e. The number of nitro groups is 1. The molecule has 3 fully saturated rings. The molecule has 0 saturated carbocycles. The first-order chi connectivity index (χ1) is 16.3. The molecule has 9 nitrogen and oxygen atoms in total. The summed E-state index contributed by atoms with van der Waals surface area (Å²) in [6, 6.07) is 9.99. The van der Waals surface area contributed by atoms with Gasteiger partial charge in [0, 0.05) is 28.9 Å². The van der Waals surface area contributed by atoms with Crippen molar-refractivity contribution in [2.45, 2.75) is 44.7 Å². The summed E-state index contributed by atoms with van der Waals surface area (Å²) in [6.07, 6.45) is 2.34. The van der Waals surface area contributed by atoms with Crippen LogP contribution in [-0.2, 0) is 26.3 Å². The molecule has 4 atom stereocenters. The summed E-state index contributed by atoms with van der Waals surface area (Å²) in [5, 5.41) is 14.5. The zero-order valence-corrected chi connectivity index (χ0v) is 18.9. The number of carbonyl (C=O) groups excluding carboxylic acids is 3. The van der Waals surface area contributed by atoms with E-state index in [4.69, 9.17) is 0 Å². The maximum Gasteiger partial charge on any atom is 0.274 e. The van der Waals surface area contributed by atoms with Gasteiger partial charge in [0.05, 0.1) is 22.4 Å². The maximum atomic E-state index is 14.0. The van der Waals surface area contributed by atoms with Crippen molar-refractivity contribution >= 4 is 34.8 Å². The van der Waals surface area contributed by atoms with Crippen molar-refractivity contribution in [2.75, 3.05) is 16.8 Å². The summed E-state index contributed by atoms with van der Waals surface area (Å²) in [5.74, 6) is -2.66. The third-order valence-electron chi connectivity index (χ3n) is 8.11. The summed E-state index contributed by atoms with van der Waals surface area (Å²) < 4.78 is 0. The van der Waals surface area contributed by atoms with E-state index in [1.165, 1.54) is 6.07 Å². The number of carbonyl (C=O) groups is 3. The molecule has 6 rings (SSSR count). The van der Waals surface area contributed by atoms with Crippen molar-refractivity contribution in [3.05, 3.63) is 63.2 Å². The number of nitrogens with one attached hydrogen (secondary N) is 1. The number of rotatable bonds is 3. The van der Waals surface area contributed by atoms with Gasteiger partial charge in [0.25, 0.3) is 5.69 Å². The minimum atomic E-state index is -1.25. The second kappa shape index (κ2) is 6.96. The number of hydrogen-bond donors (Lipinski definition) is 1. The first-order valence-electron chi connectivity index (χ1n) is 11.6. The van der Waals surface area contributed by atoms with Gasteiger partial charge in [-0.15, -0.1) is 0 Å². The molecule has 4 heterocycles. The summed E-state index contributed by atoms with van der Waals surface area (Å²) in [4.78, 5) is 55.6. The highest BCUT2D eigenvalue weighted by atomic mass is 16.6. The molecular formula is C25H24N4O5. The van der Waals surface area contributed by atoms with Crippen LogP contribution in [0.1, 0.15) is 36.5 Å². The Hall–Kier alpha value is -3.59. The van der Waals surface area contributed by atoms with Crippen molar-refractivity contribution in [2.24, 2.45) is 11.8 Å². The lowest BCUT2D eigenvalue weighted by Crippen LogP contribution is -2.54. The SMILES string of the molecule is CCc1ccc2c(c1)C1(C(=O)N2)C2C(=O)N(c3ccc(C)c([N+](=O)[O-])c3)C(=O)C2C2CCCN21. The predicted octanol–water partition coefficient (Wildman–Crippen LogP) is 2.90. The molecule has 3 saturated heterocycles. The van der Waals surface area contributed by atoms with Crippen LogP contribution in [0, 0.1) is 28.9 Å². The molecule has 34 heavy (non-hydrogen) atoms. The Morgan fingerprint density at radius 3 is 2.68 bits per heavy atom. The Bertz CT molecular complexity index is 1310. The molecule has 1 N–H and O–H groups in total. The largest absolute Gasteiger partial charge is 0.324 e. The van der Waals surface area contributed by atoms with Crippen LogP contribution < -0.4 is 10.2 Å². The van der Waals surface area contributed by atoms with E-state index in [1.54, 1.807) is 19.1 Å². The van der Waals surface area contributed by atoms with Crippen LogP contribution in [0.5, 0.6) is 0 Å². The average Bonchev–Trinajstić information content (AvgIpc) is 3.52. The van der Waals surface area contributed by atoms with Crippen LogP contribution in [-0.4, -0.2) is 40.1 Å². The molecule has 0 aromatic heterocycles. The zero-order valence-electron chi connectivity index (χ0n) is 18.9. The number of anilines is 2. The van der Waals surface area contributed by atoms with E-state index in [2.05, 4.69) is 10.2 Å². The number of benzene rings is 2. The molecular weight excluding hydrogens is 436 g/mol. The summed E-state index contributed by atoms with van der Waals surface area (Å²) in [5.41, 5.74) is 1.72. The number of hydrogen-bond acceptors (Lipinski definition) is 6. The molecule has 1 spiro atoms. The second-order valence-electron chi connectivity index (χ2n) is 9.60. The van der Waals surface area contributed by atoms with E-state index < -0.39 is 28.2 Å². The molecule has 0 bridgehead atoms. The molecule has 0 aliphatic carbocycles. The maximum absolute atomic E-state index is 14.0. The lowest BCUT2D eigenvalue weighted by molar-refractivity contribution is -0.385. The van der Waals surface area contributed by atoms with Crippen LogP contribution in [0.25, 0.3) is 0 Å². The minimum Gasteiger partial charge on any atom is -0.324 e. The number of amides is 3. The third kappa shape index (κ3) is 2.39. The Labute approximate surface area is 195 Å². The van der Waals surface area contributed by atoms with E-state index in [1.807, 2.05) is 25.1 Å². The van der Waals surface area contributed by atoms with E-state index in [0.29, 0.717) is 17.8 Å². The highest BCUT2D eigenvalue weighted by molar-refractivity contribution is 6.26. The van der Waals surface area contributed by atoms with Crippen molar-refractivity contribution in [1.29, 1.82) is 0 Å². The van der Waals surface area contributed by atoms with Gasteiger partial charge >= 0.3 is 0 Å². The fourth-order valence-corrected chi connectivity index (χ4v) is 6.66. The van der Waals surface area contributed by atoms with E-state index in [9.17, 15) is 24.5 Å². The summed E-state index contributed by atoms with van der Waals surface area (Å²) in [6.45, 7) is 4.28. The van der Waals surface area contributed by atoms with Crippen LogP contribution in [0.2, 0.25) is 0 Å². The van der Waals surface area contributed by atoms with Crippen LogP contribution in [0.4, 0.5) is 17.1 Å². The van der Waals surface area contributed by atoms with Crippen molar-refractivity contribution in [3.8, 4) is 0 Å². The predicted molar refractivity (Wildman–Crippen MR) is 123 cm³/mol. The highest BCUT2D eigenvalue weighted by Gasteiger charge is 2.74. The zero-order chi connectivity index (χ0) is 23.9. The minimum absolute atomic E-state index is 0.149. The summed E-state index contributed by atoms with van der Waals surface area (Å²) >= 11 is 0. The Kier molecular flexibility index (Phi) is 4.29. The molecule has 2 aromatic rings. The lowest BCUT2D eigenvalue weighted by atomic mass is 9.75. The number of nitro benzene ring substituents is 1. The normalized spacial score (nSPS) is 29.5. The first-order valence-corrected chi connectivity index (χ1v) is 11.6. The molecule has 9 heteroatoms. The van der Waals surface area contributed by atoms with E-state index >= 15 is 0 Å². The van der Waals surface area contributed by atoms with Crippen molar-refractivity contribution < 1.29 is 19.3 Å². The average molecular weight is 460 g/mol. The van der Waals surface area contributed by atoms with Crippen molar-refractivity contribution in [3.63, 3.8) is 0 Å². The van der Waals surface area contributed by atoms with Crippen LogP contribution in [0.3, 0.4) is 0 Å². The molecule has 2 aromatic carbocycles. The molecule has 0 radical (unpaired) electrons. The Morgan fingerprint density at radius 2 is 1.94 bits per heavy atom. The highest BCUT2D eigenvalue weighted by Crippen LogP contribution is 2.60. The Balaban J connectivity index is 1.53. The lowest BCUT2D eigenvalue weighted by Gasteiger charge is -2.36. The fourth-order valence-electron chi connectivity index (χ4n) is 6.66. The number of aryl methyl sites for hydroxylation is 2. The Morgan fingerprint density at radius 1 is 1.15 bits per heavy atom. The van der Waals surface area contributed by atoms with Gasteiger partial charge in [-0.3, -0.25) is 29.4 Å². The standard InChI is InChI=1S/C25H24N4O5/c1-3-14-7-9-17-16(11-14)25(24(32)26-17)21-20(18-5-4-10-27(18)25)22(30)28(23(21)31)15-8-6-13(2)19(12-15)29(33)34/h6-9,11-12,18,20-21H,3-5,10H2,1-2H3,(H,26,32). The second-order valence-corrected chi connectivity index (χ2v) is 9.60. The van der Waals surface area contributed by atoms with Gasteiger partial charge in [-0.05, 0) is 50.4 Å². The summed E-state index contributed by atoms with van der Waals surface area (Å²) in [7, 11) is 0. The monoisotopic (exact) mass is 460 g/mol. The van der Waals surface area contributed by atoms with Crippen LogP contribution in [0.15, 0.2) is 36.4 Å². The topological polar surface area (TPSA) is 113 Å². The molecule has 3 amide bonds. The third-order valence-corrected chi connectivity index (χ3v) is 8.11. The number of nitrogens with zero attached hydrogens (tertiary/aromatic N) is 3. The molecule has 4 unspecified atom stereocenters. The van der Waals surface area contributed by atoms with Gasteiger partial charge in [-0.25, -0.2) is 4.90 Å². The van der Waals surface area contributed by atoms with Crippen molar-refractivity contribution in [1.82, 2.24) is 4.90 Å². The van der Waals surface area contributed by atoms with Gasteiger partial charge in [0.2, 0.25) is 17.7 Å². The molecule has 4 aliphatic heterocycles. The van der Waals surface area contributed by atoms with E-state index in [-0.39, 0.29) is 29.2 Å². The van der Waals surface area contributed by atoms with E-state index in [0.717, 1.165) is 35.3 Å². The number of imide groups is 1.